The summed E-state index contributed by atoms with van der Waals surface area (Å²) in [6.45, 7) is 12.0. The molecule has 0 amide bonds. The van der Waals surface area contributed by atoms with Gasteiger partial charge in [-0.05, 0) is 25.2 Å². The minimum atomic E-state index is 0.829. The summed E-state index contributed by atoms with van der Waals surface area (Å²) in [5, 5.41) is 0. The van der Waals surface area contributed by atoms with E-state index in [2.05, 4.69) is 18.7 Å². The number of nitrogens with zero attached hydrogens (tertiary/aromatic N) is 1. The number of hydrogen-bond acceptors (Lipinski definition) is 2. The second kappa shape index (κ2) is 6.49. The van der Waals surface area contributed by atoms with Gasteiger partial charge in [0.05, 0.1) is 0 Å². The van der Waals surface area contributed by atoms with Crippen LogP contribution in [0.1, 0.15) is 47.0 Å². The standard InChI is InChI=1S/C11H21NO.C2H6/c1-9(2)11-3-6-12(11)10-4-7-13-8-5-10;1-2/h9-11H,3-8H2,1-2H3;1-2H3. The van der Waals surface area contributed by atoms with E-state index < -0.39 is 0 Å². The Hall–Kier alpha value is -0.0800. The van der Waals surface area contributed by atoms with Crippen molar-refractivity contribution in [3.8, 4) is 0 Å². The topological polar surface area (TPSA) is 12.5 Å². The summed E-state index contributed by atoms with van der Waals surface area (Å²) in [5.41, 5.74) is 0. The fourth-order valence-corrected chi connectivity index (χ4v) is 2.61. The van der Waals surface area contributed by atoms with Crippen LogP contribution in [0, 0.1) is 5.92 Å². The highest BCUT2D eigenvalue weighted by Crippen LogP contribution is 2.30. The molecule has 0 aromatic carbocycles. The van der Waals surface area contributed by atoms with Gasteiger partial charge in [-0.15, -0.1) is 0 Å². The molecule has 1 unspecified atom stereocenters. The zero-order valence-electron chi connectivity index (χ0n) is 10.8. The molecule has 90 valence electrons. The van der Waals surface area contributed by atoms with Crippen molar-refractivity contribution in [3.05, 3.63) is 0 Å². The van der Waals surface area contributed by atoms with E-state index in [0.717, 1.165) is 31.2 Å². The summed E-state index contributed by atoms with van der Waals surface area (Å²) < 4.78 is 5.39. The van der Waals surface area contributed by atoms with E-state index >= 15 is 0 Å². The number of hydrogen-bond donors (Lipinski definition) is 0. The second-order valence-corrected chi connectivity index (χ2v) is 4.68. The lowest BCUT2D eigenvalue weighted by atomic mass is 9.88. The molecule has 15 heavy (non-hydrogen) atoms. The van der Waals surface area contributed by atoms with Gasteiger partial charge in [-0.1, -0.05) is 27.7 Å². The Morgan fingerprint density at radius 2 is 1.67 bits per heavy atom. The quantitative estimate of drug-likeness (QED) is 0.699. The van der Waals surface area contributed by atoms with Crippen LogP contribution in [-0.4, -0.2) is 36.7 Å². The summed E-state index contributed by atoms with van der Waals surface area (Å²) >= 11 is 0. The molecule has 0 spiro atoms. The molecule has 2 nitrogen and oxygen atoms in total. The van der Waals surface area contributed by atoms with Crippen LogP contribution >= 0.6 is 0 Å². The molecule has 2 saturated heterocycles. The summed E-state index contributed by atoms with van der Waals surface area (Å²) in [5.74, 6) is 0.830. The predicted octanol–water partition coefficient (Wildman–Crippen LogP) is 2.92. The molecule has 2 rings (SSSR count). The third-order valence-electron chi connectivity index (χ3n) is 3.54. The molecule has 2 fully saturated rings. The molecule has 0 N–H and O–H groups in total. The Morgan fingerprint density at radius 3 is 2.07 bits per heavy atom. The summed E-state index contributed by atoms with van der Waals surface area (Å²) in [6.07, 6.45) is 3.92. The monoisotopic (exact) mass is 213 g/mol. The molecular weight excluding hydrogens is 186 g/mol. The van der Waals surface area contributed by atoms with Gasteiger partial charge in [-0.3, -0.25) is 4.90 Å². The lowest BCUT2D eigenvalue weighted by Crippen LogP contribution is -2.56. The van der Waals surface area contributed by atoms with Gasteiger partial charge >= 0.3 is 0 Å². The average molecular weight is 213 g/mol. The predicted molar refractivity (Wildman–Crippen MR) is 65.1 cm³/mol. The van der Waals surface area contributed by atoms with Gasteiger partial charge in [0.25, 0.3) is 0 Å². The molecule has 2 aliphatic rings. The van der Waals surface area contributed by atoms with Crippen molar-refractivity contribution in [2.45, 2.75) is 59.0 Å². The zero-order valence-corrected chi connectivity index (χ0v) is 10.8. The van der Waals surface area contributed by atoms with Gasteiger partial charge in [0.15, 0.2) is 0 Å². The summed E-state index contributed by atoms with van der Waals surface area (Å²) in [4.78, 5) is 2.70. The molecule has 0 bridgehead atoms. The Morgan fingerprint density at radius 1 is 1.07 bits per heavy atom. The molecule has 1 atom stereocenters. The van der Waals surface area contributed by atoms with Crippen molar-refractivity contribution < 1.29 is 4.74 Å². The lowest BCUT2D eigenvalue weighted by Gasteiger charge is -2.49. The Balaban J connectivity index is 0.000000531. The van der Waals surface area contributed by atoms with Gasteiger partial charge in [-0.2, -0.15) is 0 Å². The maximum Gasteiger partial charge on any atom is 0.0480 e. The van der Waals surface area contributed by atoms with Gasteiger partial charge in [0.1, 0.15) is 0 Å². The van der Waals surface area contributed by atoms with Gasteiger partial charge in [0, 0.05) is 31.8 Å². The van der Waals surface area contributed by atoms with E-state index in [9.17, 15) is 0 Å². The highest BCUT2D eigenvalue weighted by atomic mass is 16.5. The Bertz CT molecular complexity index is 164. The van der Waals surface area contributed by atoms with Crippen molar-refractivity contribution in [2.75, 3.05) is 19.8 Å². The number of rotatable bonds is 2. The van der Waals surface area contributed by atoms with E-state index in [-0.39, 0.29) is 0 Å². The van der Waals surface area contributed by atoms with Crippen molar-refractivity contribution in [1.29, 1.82) is 0 Å². The van der Waals surface area contributed by atoms with E-state index in [1.165, 1.54) is 25.8 Å². The minimum absolute atomic E-state index is 0.829. The number of likely N-dealkylation sites (tertiary alicyclic amines) is 1. The molecule has 2 heterocycles. The van der Waals surface area contributed by atoms with Crippen LogP contribution in [0.2, 0.25) is 0 Å². The van der Waals surface area contributed by atoms with Gasteiger partial charge in [-0.25, -0.2) is 0 Å². The molecule has 0 aromatic heterocycles. The van der Waals surface area contributed by atoms with Crippen LogP contribution in [0.25, 0.3) is 0 Å². The zero-order chi connectivity index (χ0) is 11.3. The fourth-order valence-electron chi connectivity index (χ4n) is 2.61. The van der Waals surface area contributed by atoms with Crippen LogP contribution < -0.4 is 0 Å². The Labute approximate surface area is 95.0 Å². The summed E-state index contributed by atoms with van der Waals surface area (Å²) in [6, 6.07) is 1.69. The van der Waals surface area contributed by atoms with E-state index in [1.807, 2.05) is 13.8 Å². The molecule has 0 aliphatic carbocycles. The van der Waals surface area contributed by atoms with Crippen molar-refractivity contribution >= 4 is 0 Å². The number of ether oxygens (including phenoxy) is 1. The largest absolute Gasteiger partial charge is 0.381 e. The molecule has 0 radical (unpaired) electrons. The normalized spacial score (nSPS) is 28.2. The highest BCUT2D eigenvalue weighted by Gasteiger charge is 2.35. The molecule has 0 aromatic rings. The summed E-state index contributed by atoms with van der Waals surface area (Å²) in [7, 11) is 0. The smallest absolute Gasteiger partial charge is 0.0480 e. The molecule has 2 heteroatoms. The van der Waals surface area contributed by atoms with E-state index in [1.54, 1.807) is 0 Å². The first-order valence-electron chi connectivity index (χ1n) is 6.62. The van der Waals surface area contributed by atoms with Crippen LogP contribution in [0.15, 0.2) is 0 Å². The minimum Gasteiger partial charge on any atom is -0.381 e. The van der Waals surface area contributed by atoms with Crippen LogP contribution in [0.5, 0.6) is 0 Å². The average Bonchev–Trinajstić information content (AvgIpc) is 2.20. The van der Waals surface area contributed by atoms with Crippen molar-refractivity contribution in [2.24, 2.45) is 5.92 Å². The van der Waals surface area contributed by atoms with E-state index in [4.69, 9.17) is 4.74 Å². The van der Waals surface area contributed by atoms with Crippen LogP contribution in [0.4, 0.5) is 0 Å². The third kappa shape index (κ3) is 3.18. The molecule has 0 saturated carbocycles. The molecular formula is C13H27NO. The van der Waals surface area contributed by atoms with Crippen LogP contribution in [-0.2, 0) is 4.74 Å². The van der Waals surface area contributed by atoms with Gasteiger partial charge in [0.2, 0.25) is 0 Å². The first-order chi connectivity index (χ1) is 7.29. The van der Waals surface area contributed by atoms with Gasteiger partial charge < -0.3 is 4.74 Å². The second-order valence-electron chi connectivity index (χ2n) is 4.68. The highest BCUT2D eigenvalue weighted by molar-refractivity contribution is 4.90. The third-order valence-corrected chi connectivity index (χ3v) is 3.54. The SMILES string of the molecule is CC.CC(C)C1CCN1C1CCOCC1. The maximum atomic E-state index is 5.39. The molecule has 2 aliphatic heterocycles. The lowest BCUT2D eigenvalue weighted by molar-refractivity contribution is -0.0380. The fraction of sp³-hybridized carbons (Fsp3) is 1.00. The Kier molecular flexibility index (Phi) is 5.62. The van der Waals surface area contributed by atoms with E-state index in [0.29, 0.717) is 0 Å². The van der Waals surface area contributed by atoms with Crippen molar-refractivity contribution in [1.82, 2.24) is 4.90 Å². The maximum absolute atomic E-state index is 5.39. The van der Waals surface area contributed by atoms with Crippen LogP contribution in [0.3, 0.4) is 0 Å². The van der Waals surface area contributed by atoms with Crippen molar-refractivity contribution in [3.63, 3.8) is 0 Å². The first-order valence-corrected chi connectivity index (χ1v) is 6.62. The first kappa shape index (κ1) is 13.0.